The Morgan fingerprint density at radius 2 is 1.79 bits per heavy atom. The number of para-hydroxylation sites is 1. The zero-order chi connectivity index (χ0) is 20.9. The first kappa shape index (κ1) is 18.6. The van der Waals surface area contributed by atoms with Crippen molar-refractivity contribution >= 4 is 10.9 Å². The number of nitriles is 1. The van der Waals surface area contributed by atoms with Gasteiger partial charge in [-0.15, -0.1) is 0 Å². The average Bonchev–Trinajstić information content (AvgIpc) is 2.70. The number of nitrogens with two attached hydrogens (primary N) is 1. The summed E-state index contributed by atoms with van der Waals surface area (Å²) in [5.41, 5.74) is 5.81. The summed E-state index contributed by atoms with van der Waals surface area (Å²) >= 11 is 0. The van der Waals surface area contributed by atoms with Gasteiger partial charge in [0.15, 0.2) is 0 Å². The van der Waals surface area contributed by atoms with Crippen LogP contribution in [0.5, 0.6) is 5.75 Å². The lowest BCUT2D eigenvalue weighted by Gasteiger charge is -2.27. The molecule has 8 heteroatoms. The van der Waals surface area contributed by atoms with Gasteiger partial charge in [0.1, 0.15) is 17.4 Å². The highest BCUT2D eigenvalue weighted by atomic mass is 19.4. The maximum Gasteiger partial charge on any atom is 0.416 e. The molecule has 1 aliphatic rings. The molecule has 0 fully saturated rings. The number of aromatic nitrogens is 1. The Kier molecular flexibility index (Phi) is 4.12. The van der Waals surface area contributed by atoms with E-state index < -0.39 is 23.2 Å². The molecular weight excluding hydrogens is 383 g/mol. The third kappa shape index (κ3) is 2.83. The first-order valence-electron chi connectivity index (χ1n) is 8.60. The Balaban J connectivity index is 2.03. The van der Waals surface area contributed by atoms with E-state index in [2.05, 4.69) is 0 Å². The van der Waals surface area contributed by atoms with Crippen LogP contribution in [-0.4, -0.2) is 4.57 Å². The fourth-order valence-electron chi connectivity index (χ4n) is 3.62. The van der Waals surface area contributed by atoms with Gasteiger partial charge in [-0.3, -0.25) is 4.79 Å². The van der Waals surface area contributed by atoms with Crippen molar-refractivity contribution in [3.05, 3.63) is 87.0 Å². The molecule has 0 radical (unpaired) electrons. The van der Waals surface area contributed by atoms with Gasteiger partial charge in [-0.1, -0.05) is 24.3 Å². The van der Waals surface area contributed by atoms with Crippen LogP contribution in [-0.2, 0) is 13.2 Å². The first-order chi connectivity index (χ1) is 13.7. The molecule has 0 amide bonds. The van der Waals surface area contributed by atoms with Crippen LogP contribution >= 0.6 is 0 Å². The van der Waals surface area contributed by atoms with Crippen LogP contribution in [0.4, 0.5) is 13.2 Å². The predicted octanol–water partition coefficient (Wildman–Crippen LogP) is 3.78. The Morgan fingerprint density at radius 1 is 1.14 bits per heavy atom. The van der Waals surface area contributed by atoms with Crippen molar-refractivity contribution < 1.29 is 17.9 Å². The highest BCUT2D eigenvalue weighted by Crippen LogP contribution is 2.43. The average molecular weight is 397 g/mol. The Labute approximate surface area is 163 Å². The minimum atomic E-state index is -4.49. The van der Waals surface area contributed by atoms with Gasteiger partial charge in [0.2, 0.25) is 5.88 Å². The number of aryl methyl sites for hydroxylation is 1. The third-order valence-corrected chi connectivity index (χ3v) is 5.04. The van der Waals surface area contributed by atoms with Crippen LogP contribution < -0.4 is 16.0 Å². The summed E-state index contributed by atoms with van der Waals surface area (Å²) in [7, 11) is 1.59. The summed E-state index contributed by atoms with van der Waals surface area (Å²) in [4.78, 5) is 13.1. The molecule has 0 bridgehead atoms. The maximum atomic E-state index is 13.1. The quantitative estimate of drug-likeness (QED) is 0.678. The molecule has 1 unspecified atom stereocenters. The minimum Gasteiger partial charge on any atom is -0.439 e. The lowest BCUT2D eigenvalue weighted by molar-refractivity contribution is -0.137. The number of benzene rings is 2. The van der Waals surface area contributed by atoms with Gasteiger partial charge in [0.25, 0.3) is 5.56 Å². The number of rotatable bonds is 1. The number of allylic oxidation sites excluding steroid dienone is 1. The van der Waals surface area contributed by atoms with Gasteiger partial charge in [-0.2, -0.15) is 18.4 Å². The summed E-state index contributed by atoms with van der Waals surface area (Å²) in [6.45, 7) is 0. The largest absolute Gasteiger partial charge is 0.439 e. The van der Waals surface area contributed by atoms with E-state index >= 15 is 0 Å². The Morgan fingerprint density at radius 3 is 2.41 bits per heavy atom. The molecular formula is C21H14F3N3O2. The van der Waals surface area contributed by atoms with Gasteiger partial charge >= 0.3 is 6.18 Å². The van der Waals surface area contributed by atoms with Crippen molar-refractivity contribution in [1.29, 1.82) is 5.26 Å². The van der Waals surface area contributed by atoms with Crippen LogP contribution in [0.25, 0.3) is 10.9 Å². The highest BCUT2D eigenvalue weighted by Gasteiger charge is 2.36. The number of hydrogen-bond donors (Lipinski definition) is 1. The van der Waals surface area contributed by atoms with E-state index in [0.717, 1.165) is 12.1 Å². The van der Waals surface area contributed by atoms with Crippen molar-refractivity contribution in [2.24, 2.45) is 12.8 Å². The predicted molar refractivity (Wildman–Crippen MR) is 99.9 cm³/mol. The number of fused-ring (bicyclic) bond motifs is 3. The second-order valence-corrected chi connectivity index (χ2v) is 6.67. The molecule has 5 nitrogen and oxygen atoms in total. The second kappa shape index (κ2) is 6.41. The summed E-state index contributed by atoms with van der Waals surface area (Å²) < 4.78 is 45.9. The number of ether oxygens (including phenoxy) is 1. The molecule has 29 heavy (non-hydrogen) atoms. The number of pyridine rings is 1. The lowest BCUT2D eigenvalue weighted by Crippen LogP contribution is -2.31. The molecule has 0 saturated carbocycles. The fourth-order valence-corrected chi connectivity index (χ4v) is 3.62. The number of nitrogens with zero attached hydrogens (tertiary/aromatic N) is 2. The Hall–Kier alpha value is -3.73. The van der Waals surface area contributed by atoms with Gasteiger partial charge in [-0.25, -0.2) is 0 Å². The van der Waals surface area contributed by atoms with Crippen LogP contribution in [0, 0.1) is 11.3 Å². The van der Waals surface area contributed by atoms with Crippen LogP contribution in [0.2, 0.25) is 0 Å². The van der Waals surface area contributed by atoms with Crippen LogP contribution in [0.15, 0.2) is 64.8 Å². The zero-order valence-electron chi connectivity index (χ0n) is 15.1. The van der Waals surface area contributed by atoms with E-state index in [1.165, 1.54) is 16.7 Å². The van der Waals surface area contributed by atoms with Crippen molar-refractivity contribution in [2.45, 2.75) is 12.1 Å². The first-order valence-corrected chi connectivity index (χ1v) is 8.60. The molecule has 0 aliphatic carbocycles. The molecule has 0 spiro atoms. The minimum absolute atomic E-state index is 0.0235. The summed E-state index contributed by atoms with van der Waals surface area (Å²) in [5.74, 6) is -0.900. The molecule has 1 aliphatic heterocycles. The summed E-state index contributed by atoms with van der Waals surface area (Å²) in [6, 6.07) is 13.3. The van der Waals surface area contributed by atoms with Gasteiger partial charge in [0, 0.05) is 12.4 Å². The number of halogens is 3. The van der Waals surface area contributed by atoms with Crippen LogP contribution in [0.3, 0.4) is 0 Å². The van der Waals surface area contributed by atoms with Gasteiger partial charge < -0.3 is 15.0 Å². The van der Waals surface area contributed by atoms with Gasteiger partial charge in [0.05, 0.1) is 22.6 Å². The maximum absolute atomic E-state index is 13.1. The summed E-state index contributed by atoms with van der Waals surface area (Å²) in [6.07, 6.45) is -4.49. The molecule has 4 rings (SSSR count). The van der Waals surface area contributed by atoms with Crippen molar-refractivity contribution in [3.63, 3.8) is 0 Å². The molecule has 1 atom stereocenters. The van der Waals surface area contributed by atoms with Crippen molar-refractivity contribution in [2.75, 3.05) is 0 Å². The zero-order valence-corrected chi connectivity index (χ0v) is 15.1. The Bertz CT molecular complexity index is 1270. The molecule has 2 heterocycles. The van der Waals surface area contributed by atoms with E-state index in [1.807, 2.05) is 6.07 Å². The smallest absolute Gasteiger partial charge is 0.416 e. The van der Waals surface area contributed by atoms with E-state index in [9.17, 15) is 23.2 Å². The normalized spacial score (nSPS) is 16.3. The SMILES string of the molecule is Cn1c(=O)c2c(c3ccccc31)OC(N)=C(C#N)C2c1ccc(C(F)(F)F)cc1. The van der Waals surface area contributed by atoms with E-state index in [0.29, 0.717) is 16.5 Å². The van der Waals surface area contributed by atoms with E-state index in [4.69, 9.17) is 10.5 Å². The summed E-state index contributed by atoms with van der Waals surface area (Å²) in [5, 5.41) is 10.2. The standard InChI is InChI=1S/C21H14F3N3O2/c1-27-15-5-3-2-4-13(15)18-17(20(27)28)16(14(10-25)19(26)29-18)11-6-8-12(9-7-11)21(22,23)24/h2-9,16H,26H2,1H3. The molecule has 0 saturated heterocycles. The number of alkyl halides is 3. The van der Waals surface area contributed by atoms with Crippen molar-refractivity contribution in [3.8, 4) is 11.8 Å². The van der Waals surface area contributed by atoms with Gasteiger partial charge in [-0.05, 0) is 29.8 Å². The highest BCUT2D eigenvalue weighted by molar-refractivity contribution is 5.88. The second-order valence-electron chi connectivity index (χ2n) is 6.67. The molecule has 1 aromatic heterocycles. The third-order valence-electron chi connectivity index (χ3n) is 5.04. The molecule has 3 aromatic rings. The van der Waals surface area contributed by atoms with E-state index in [-0.39, 0.29) is 22.8 Å². The topological polar surface area (TPSA) is 81.0 Å². The molecule has 2 N–H and O–H groups in total. The fraction of sp³-hybridized carbons (Fsp3) is 0.143. The lowest BCUT2D eigenvalue weighted by atomic mass is 9.83. The monoisotopic (exact) mass is 397 g/mol. The van der Waals surface area contributed by atoms with Crippen molar-refractivity contribution in [1.82, 2.24) is 4.57 Å². The van der Waals surface area contributed by atoms with Crippen LogP contribution in [0.1, 0.15) is 22.6 Å². The van der Waals surface area contributed by atoms with E-state index in [1.54, 1.807) is 31.3 Å². The molecule has 146 valence electrons. The molecule has 2 aromatic carbocycles. The number of hydrogen-bond acceptors (Lipinski definition) is 4.